The first-order chi connectivity index (χ1) is 10.4. The van der Waals surface area contributed by atoms with Crippen molar-refractivity contribution in [2.75, 3.05) is 5.32 Å². The van der Waals surface area contributed by atoms with Gasteiger partial charge in [-0.1, -0.05) is 6.07 Å². The van der Waals surface area contributed by atoms with Gasteiger partial charge in [-0.15, -0.1) is 5.10 Å². The van der Waals surface area contributed by atoms with Gasteiger partial charge >= 0.3 is 6.18 Å². The van der Waals surface area contributed by atoms with Crippen LogP contribution in [0.25, 0.3) is 0 Å². The van der Waals surface area contributed by atoms with Crippen molar-refractivity contribution in [1.29, 1.82) is 0 Å². The van der Waals surface area contributed by atoms with Crippen molar-refractivity contribution in [2.45, 2.75) is 24.9 Å². The van der Waals surface area contributed by atoms with Crippen LogP contribution in [0, 0.1) is 0 Å². The zero-order chi connectivity index (χ0) is 15.7. The number of carbonyl (C=O) groups excluding carboxylic acids is 1. The molecule has 114 valence electrons. The molecular weight excluding hydrogens is 295 g/mol. The Morgan fingerprint density at radius 3 is 2.50 bits per heavy atom. The molecule has 0 radical (unpaired) electrons. The Bertz CT molecular complexity index is 694. The van der Waals surface area contributed by atoms with Crippen LogP contribution in [0.4, 0.5) is 18.9 Å². The lowest BCUT2D eigenvalue weighted by atomic mass is 10.2. The van der Waals surface area contributed by atoms with Gasteiger partial charge in [-0.3, -0.25) is 4.79 Å². The van der Waals surface area contributed by atoms with E-state index in [1.165, 1.54) is 18.2 Å². The molecule has 1 aromatic carbocycles. The van der Waals surface area contributed by atoms with Crippen molar-refractivity contribution in [3.8, 4) is 0 Å². The first-order valence-electron chi connectivity index (χ1n) is 6.76. The van der Waals surface area contributed by atoms with Gasteiger partial charge in [-0.05, 0) is 43.2 Å². The molecule has 0 atom stereocenters. The number of nitrogens with one attached hydrogen (secondary N) is 1. The van der Waals surface area contributed by atoms with E-state index in [2.05, 4.69) is 15.5 Å². The van der Waals surface area contributed by atoms with Crippen LogP contribution in [-0.4, -0.2) is 16.1 Å². The number of hydrogen-bond donors (Lipinski definition) is 1. The maximum Gasteiger partial charge on any atom is 0.416 e. The number of aromatic nitrogens is 2. The lowest BCUT2D eigenvalue weighted by Crippen LogP contribution is -2.15. The van der Waals surface area contributed by atoms with Crippen LogP contribution in [0.2, 0.25) is 0 Å². The van der Waals surface area contributed by atoms with Gasteiger partial charge in [0.15, 0.2) is 5.69 Å². The third-order valence-electron chi connectivity index (χ3n) is 3.36. The molecule has 1 heterocycles. The standard InChI is InChI=1S/C15H12F3N3O/c16-15(17,18)10-2-1-3-11(8-10)19-14(22)13-7-6-12(20-21-13)9-4-5-9/h1-3,6-9H,4-5H2,(H,19,22). The monoisotopic (exact) mass is 307 g/mol. The topological polar surface area (TPSA) is 54.9 Å². The quantitative estimate of drug-likeness (QED) is 0.942. The summed E-state index contributed by atoms with van der Waals surface area (Å²) in [5.74, 6) is -0.165. The molecule has 1 aromatic heterocycles. The fraction of sp³-hybridized carbons (Fsp3) is 0.267. The molecule has 1 fully saturated rings. The molecule has 1 aliphatic carbocycles. The molecule has 1 N–H and O–H groups in total. The van der Waals surface area contributed by atoms with Crippen molar-refractivity contribution in [1.82, 2.24) is 10.2 Å². The Labute approximate surface area is 124 Å². The molecule has 0 spiro atoms. The highest BCUT2D eigenvalue weighted by molar-refractivity contribution is 6.02. The average molecular weight is 307 g/mol. The number of anilines is 1. The molecule has 7 heteroatoms. The molecule has 0 bridgehead atoms. The fourth-order valence-electron chi connectivity index (χ4n) is 2.03. The first kappa shape index (κ1) is 14.5. The van der Waals surface area contributed by atoms with Crippen LogP contribution in [0.15, 0.2) is 36.4 Å². The number of hydrogen-bond acceptors (Lipinski definition) is 3. The summed E-state index contributed by atoms with van der Waals surface area (Å²) in [4.78, 5) is 12.0. The molecule has 0 aliphatic heterocycles. The van der Waals surface area contributed by atoms with Crippen LogP contribution >= 0.6 is 0 Å². The zero-order valence-corrected chi connectivity index (χ0v) is 11.4. The fourth-order valence-corrected chi connectivity index (χ4v) is 2.03. The SMILES string of the molecule is O=C(Nc1cccc(C(F)(F)F)c1)c1ccc(C2CC2)nn1. The number of alkyl halides is 3. The molecule has 22 heavy (non-hydrogen) atoms. The van der Waals surface area contributed by atoms with Gasteiger partial charge in [0.1, 0.15) is 0 Å². The van der Waals surface area contributed by atoms with E-state index in [9.17, 15) is 18.0 Å². The van der Waals surface area contributed by atoms with Gasteiger partial charge in [0.2, 0.25) is 0 Å². The van der Waals surface area contributed by atoms with Crippen molar-refractivity contribution in [3.05, 3.63) is 53.3 Å². The normalized spacial score (nSPS) is 14.7. The van der Waals surface area contributed by atoms with Crippen LogP contribution in [-0.2, 0) is 6.18 Å². The largest absolute Gasteiger partial charge is 0.416 e. The van der Waals surface area contributed by atoms with Crippen LogP contribution in [0.5, 0.6) is 0 Å². The molecule has 1 saturated carbocycles. The van der Waals surface area contributed by atoms with E-state index in [4.69, 9.17) is 0 Å². The van der Waals surface area contributed by atoms with Gasteiger partial charge < -0.3 is 5.32 Å². The molecule has 1 aliphatic rings. The van der Waals surface area contributed by atoms with Crippen LogP contribution in [0.3, 0.4) is 0 Å². The summed E-state index contributed by atoms with van der Waals surface area (Å²) >= 11 is 0. The number of carbonyl (C=O) groups is 1. The van der Waals surface area contributed by atoms with Gasteiger partial charge in [0.25, 0.3) is 5.91 Å². The smallest absolute Gasteiger partial charge is 0.321 e. The molecule has 4 nitrogen and oxygen atoms in total. The maximum absolute atomic E-state index is 12.6. The van der Waals surface area contributed by atoms with Gasteiger partial charge in [0.05, 0.1) is 11.3 Å². The summed E-state index contributed by atoms with van der Waals surface area (Å²) in [6.45, 7) is 0. The second-order valence-electron chi connectivity index (χ2n) is 5.15. The molecule has 0 unspecified atom stereocenters. The summed E-state index contributed by atoms with van der Waals surface area (Å²) in [5.41, 5.74) is 0.158. The van der Waals surface area contributed by atoms with Crippen molar-refractivity contribution < 1.29 is 18.0 Å². The van der Waals surface area contributed by atoms with E-state index in [0.717, 1.165) is 30.7 Å². The Morgan fingerprint density at radius 2 is 1.91 bits per heavy atom. The highest BCUT2D eigenvalue weighted by atomic mass is 19.4. The van der Waals surface area contributed by atoms with Gasteiger partial charge in [0, 0.05) is 11.6 Å². The summed E-state index contributed by atoms with van der Waals surface area (Å²) in [6.07, 6.45) is -2.30. The van der Waals surface area contributed by atoms with Gasteiger partial charge in [-0.2, -0.15) is 18.3 Å². The number of halogens is 3. The predicted molar refractivity (Wildman–Crippen MR) is 73.4 cm³/mol. The van der Waals surface area contributed by atoms with E-state index in [-0.39, 0.29) is 11.4 Å². The van der Waals surface area contributed by atoms with E-state index in [0.29, 0.717) is 5.92 Å². The average Bonchev–Trinajstić information content (AvgIpc) is 3.31. The number of benzene rings is 1. The Balaban J connectivity index is 1.73. The van der Waals surface area contributed by atoms with Gasteiger partial charge in [-0.25, -0.2) is 0 Å². The minimum absolute atomic E-state index is 0.0629. The maximum atomic E-state index is 12.6. The van der Waals surface area contributed by atoms with Crippen molar-refractivity contribution in [3.63, 3.8) is 0 Å². The highest BCUT2D eigenvalue weighted by Crippen LogP contribution is 2.38. The summed E-state index contributed by atoms with van der Waals surface area (Å²) in [7, 11) is 0. The summed E-state index contributed by atoms with van der Waals surface area (Å²) in [5, 5.41) is 10.2. The Kier molecular flexibility index (Phi) is 3.56. The summed E-state index contributed by atoms with van der Waals surface area (Å²) in [6, 6.07) is 7.71. The Morgan fingerprint density at radius 1 is 1.14 bits per heavy atom. The van der Waals surface area contributed by atoms with Crippen molar-refractivity contribution in [2.24, 2.45) is 0 Å². The van der Waals surface area contributed by atoms with E-state index in [1.54, 1.807) is 6.07 Å². The minimum atomic E-state index is -4.45. The molecule has 3 rings (SSSR count). The minimum Gasteiger partial charge on any atom is -0.321 e. The number of rotatable bonds is 3. The van der Waals surface area contributed by atoms with Crippen molar-refractivity contribution >= 4 is 11.6 Å². The lowest BCUT2D eigenvalue weighted by Gasteiger charge is -2.09. The predicted octanol–water partition coefficient (Wildman–Crippen LogP) is 3.63. The molecule has 0 saturated heterocycles. The molecule has 2 aromatic rings. The van der Waals surface area contributed by atoms with Crippen LogP contribution < -0.4 is 5.32 Å². The van der Waals surface area contributed by atoms with E-state index < -0.39 is 17.6 Å². The highest BCUT2D eigenvalue weighted by Gasteiger charge is 2.30. The summed E-state index contributed by atoms with van der Waals surface area (Å²) < 4.78 is 37.9. The lowest BCUT2D eigenvalue weighted by molar-refractivity contribution is -0.137. The van der Waals surface area contributed by atoms with E-state index >= 15 is 0 Å². The second-order valence-corrected chi connectivity index (χ2v) is 5.15. The Hall–Kier alpha value is -2.44. The third-order valence-corrected chi connectivity index (χ3v) is 3.36. The van der Waals surface area contributed by atoms with Crippen LogP contribution in [0.1, 0.15) is 40.5 Å². The number of nitrogens with zero attached hydrogens (tertiary/aromatic N) is 2. The third kappa shape index (κ3) is 3.24. The van der Waals surface area contributed by atoms with E-state index in [1.807, 2.05) is 0 Å². The molecule has 1 amide bonds. The first-order valence-corrected chi connectivity index (χ1v) is 6.76. The second kappa shape index (κ2) is 5.40. The molecular formula is C15H12F3N3O. The zero-order valence-electron chi connectivity index (χ0n) is 11.4. The number of amides is 1.